The van der Waals surface area contributed by atoms with Gasteiger partial charge in [0.2, 0.25) is 0 Å². The monoisotopic (exact) mass is 244 g/mol. The molecule has 0 spiro atoms. The molecule has 2 unspecified atom stereocenters. The Bertz CT molecular complexity index is 500. The molecule has 1 aliphatic rings. The van der Waals surface area contributed by atoms with Crippen molar-refractivity contribution < 1.29 is 0 Å². The lowest BCUT2D eigenvalue weighted by molar-refractivity contribution is 0.156. The fourth-order valence-electron chi connectivity index (χ4n) is 2.69. The van der Waals surface area contributed by atoms with E-state index in [0.29, 0.717) is 12.0 Å². The molecule has 1 saturated heterocycles. The molecule has 2 N–H and O–H groups in total. The van der Waals surface area contributed by atoms with Gasteiger partial charge in [-0.3, -0.25) is 4.90 Å². The summed E-state index contributed by atoms with van der Waals surface area (Å²) >= 11 is 0. The first kappa shape index (κ1) is 11.7. The van der Waals surface area contributed by atoms with Crippen LogP contribution in [0.2, 0.25) is 0 Å². The molecule has 1 aliphatic heterocycles. The number of hydrogen-bond acceptors (Lipinski definition) is 3. The summed E-state index contributed by atoms with van der Waals surface area (Å²) in [5.74, 6) is 0.579. The Morgan fingerprint density at radius 2 is 2.33 bits per heavy atom. The number of hydrogen-bond donors (Lipinski definition) is 1. The highest BCUT2D eigenvalue weighted by atomic mass is 15.2. The number of rotatable bonds is 2. The predicted octanol–water partition coefficient (Wildman–Crippen LogP) is 1.50. The third-order valence-electron chi connectivity index (χ3n) is 3.86. The highest BCUT2D eigenvalue weighted by Gasteiger charge is 2.23. The molecular weight excluding hydrogens is 224 g/mol. The number of nitrogens with two attached hydrogens (primary N) is 1. The smallest absolute Gasteiger partial charge is 0.137 e. The molecule has 2 atom stereocenters. The number of fused-ring (bicyclic) bond motifs is 1. The van der Waals surface area contributed by atoms with Crippen LogP contribution in [0.25, 0.3) is 5.65 Å². The van der Waals surface area contributed by atoms with Gasteiger partial charge in [0.05, 0.1) is 5.69 Å². The predicted molar refractivity (Wildman–Crippen MR) is 72.2 cm³/mol. The van der Waals surface area contributed by atoms with Crippen molar-refractivity contribution in [3.63, 3.8) is 0 Å². The van der Waals surface area contributed by atoms with E-state index in [-0.39, 0.29) is 0 Å². The molecule has 0 saturated carbocycles. The van der Waals surface area contributed by atoms with E-state index >= 15 is 0 Å². The van der Waals surface area contributed by atoms with Gasteiger partial charge in [-0.15, -0.1) is 0 Å². The van der Waals surface area contributed by atoms with E-state index in [1.54, 1.807) is 0 Å². The first-order valence-corrected chi connectivity index (χ1v) is 6.63. The van der Waals surface area contributed by atoms with Crippen molar-refractivity contribution in [1.29, 1.82) is 0 Å². The molecule has 0 aliphatic carbocycles. The first-order chi connectivity index (χ1) is 8.72. The molecule has 96 valence electrons. The molecule has 0 radical (unpaired) electrons. The van der Waals surface area contributed by atoms with Crippen molar-refractivity contribution in [3.8, 4) is 0 Å². The topological polar surface area (TPSA) is 46.6 Å². The van der Waals surface area contributed by atoms with Gasteiger partial charge >= 0.3 is 0 Å². The molecule has 0 amide bonds. The van der Waals surface area contributed by atoms with E-state index in [4.69, 9.17) is 5.73 Å². The highest BCUT2D eigenvalue weighted by Crippen LogP contribution is 2.17. The molecule has 18 heavy (non-hydrogen) atoms. The van der Waals surface area contributed by atoms with Gasteiger partial charge in [-0.2, -0.15) is 0 Å². The molecule has 1 fully saturated rings. The van der Waals surface area contributed by atoms with Gasteiger partial charge < -0.3 is 10.1 Å². The second-order valence-electron chi connectivity index (χ2n) is 5.36. The highest BCUT2D eigenvalue weighted by molar-refractivity contribution is 5.39. The van der Waals surface area contributed by atoms with Crippen LogP contribution in [0.4, 0.5) is 0 Å². The Labute approximate surface area is 107 Å². The molecule has 0 bridgehead atoms. The van der Waals surface area contributed by atoms with Crippen molar-refractivity contribution in [2.45, 2.75) is 25.9 Å². The Morgan fingerprint density at radius 1 is 1.44 bits per heavy atom. The summed E-state index contributed by atoms with van der Waals surface area (Å²) in [6.45, 7) is 5.33. The second-order valence-corrected chi connectivity index (χ2v) is 5.36. The minimum Gasteiger partial charge on any atom is -0.327 e. The summed E-state index contributed by atoms with van der Waals surface area (Å²) in [7, 11) is 0. The van der Waals surface area contributed by atoms with E-state index in [2.05, 4.69) is 27.4 Å². The largest absolute Gasteiger partial charge is 0.327 e. The fraction of sp³-hybridized carbons (Fsp3) is 0.500. The lowest BCUT2D eigenvalue weighted by Gasteiger charge is -2.34. The van der Waals surface area contributed by atoms with Gasteiger partial charge in [-0.25, -0.2) is 4.98 Å². The Balaban J connectivity index is 1.72. The van der Waals surface area contributed by atoms with Crippen LogP contribution in [-0.2, 0) is 6.54 Å². The molecule has 2 aromatic rings. The van der Waals surface area contributed by atoms with Crippen molar-refractivity contribution >= 4 is 5.65 Å². The minimum atomic E-state index is 0.363. The number of pyridine rings is 1. The second kappa shape index (κ2) is 4.71. The summed E-state index contributed by atoms with van der Waals surface area (Å²) in [6, 6.07) is 6.45. The summed E-state index contributed by atoms with van der Waals surface area (Å²) in [6.07, 6.45) is 5.25. The van der Waals surface area contributed by atoms with Crippen molar-refractivity contribution in [3.05, 3.63) is 36.3 Å². The lowest BCUT2D eigenvalue weighted by Crippen LogP contribution is -2.45. The van der Waals surface area contributed by atoms with Gasteiger partial charge in [0.1, 0.15) is 5.65 Å². The third-order valence-corrected chi connectivity index (χ3v) is 3.86. The van der Waals surface area contributed by atoms with Crippen LogP contribution < -0.4 is 5.73 Å². The first-order valence-electron chi connectivity index (χ1n) is 6.63. The summed E-state index contributed by atoms with van der Waals surface area (Å²) in [4.78, 5) is 7.10. The van der Waals surface area contributed by atoms with Crippen molar-refractivity contribution in [2.24, 2.45) is 11.7 Å². The standard InChI is InChI=1S/C14H20N4/c1-11-8-17(7-5-13(11)15)9-12-10-18-6-3-2-4-14(18)16-12/h2-4,6,10-11,13H,5,7-9,15H2,1H3. The number of piperidine rings is 1. The quantitative estimate of drug-likeness (QED) is 0.871. The lowest BCUT2D eigenvalue weighted by atomic mass is 9.95. The van der Waals surface area contributed by atoms with E-state index in [0.717, 1.165) is 37.4 Å². The van der Waals surface area contributed by atoms with E-state index in [1.807, 2.05) is 24.4 Å². The Morgan fingerprint density at radius 3 is 3.11 bits per heavy atom. The number of aromatic nitrogens is 2. The molecule has 2 aromatic heterocycles. The third kappa shape index (κ3) is 2.26. The van der Waals surface area contributed by atoms with Crippen LogP contribution in [0.15, 0.2) is 30.6 Å². The van der Waals surface area contributed by atoms with Crippen molar-refractivity contribution in [2.75, 3.05) is 13.1 Å². The molecule has 3 rings (SSSR count). The Hall–Kier alpha value is -1.39. The number of nitrogens with zero attached hydrogens (tertiary/aromatic N) is 3. The zero-order valence-electron chi connectivity index (χ0n) is 10.8. The maximum absolute atomic E-state index is 6.05. The average Bonchev–Trinajstić information content (AvgIpc) is 2.76. The summed E-state index contributed by atoms with van der Waals surface area (Å²) < 4.78 is 2.08. The molecular formula is C14H20N4. The van der Waals surface area contributed by atoms with Gasteiger partial charge in [0, 0.05) is 38.1 Å². The van der Waals surface area contributed by atoms with Crippen LogP contribution in [0.3, 0.4) is 0 Å². The van der Waals surface area contributed by atoms with Gasteiger partial charge in [-0.05, 0) is 24.5 Å². The van der Waals surface area contributed by atoms with E-state index in [1.165, 1.54) is 0 Å². The van der Waals surface area contributed by atoms with Crippen molar-refractivity contribution in [1.82, 2.24) is 14.3 Å². The maximum atomic E-state index is 6.05. The molecule has 0 aromatic carbocycles. The zero-order valence-corrected chi connectivity index (χ0v) is 10.8. The number of imidazole rings is 1. The van der Waals surface area contributed by atoms with Gasteiger partial charge in [-0.1, -0.05) is 13.0 Å². The van der Waals surface area contributed by atoms with Crippen LogP contribution in [-0.4, -0.2) is 33.4 Å². The summed E-state index contributed by atoms with van der Waals surface area (Å²) in [5, 5.41) is 0. The van der Waals surface area contributed by atoms with Crippen LogP contribution in [0, 0.1) is 5.92 Å². The normalized spacial score (nSPS) is 25.7. The SMILES string of the molecule is CC1CN(Cc2cn3ccccc3n2)CCC1N. The van der Waals surface area contributed by atoms with Gasteiger partial charge in [0.15, 0.2) is 0 Å². The minimum absolute atomic E-state index is 0.363. The average molecular weight is 244 g/mol. The maximum Gasteiger partial charge on any atom is 0.137 e. The molecule has 4 heteroatoms. The zero-order chi connectivity index (χ0) is 12.5. The van der Waals surface area contributed by atoms with Crippen LogP contribution in [0.5, 0.6) is 0 Å². The fourth-order valence-corrected chi connectivity index (χ4v) is 2.69. The van der Waals surface area contributed by atoms with E-state index < -0.39 is 0 Å². The summed E-state index contributed by atoms with van der Waals surface area (Å²) in [5.41, 5.74) is 8.21. The van der Waals surface area contributed by atoms with Crippen LogP contribution in [0.1, 0.15) is 19.0 Å². The molecule has 3 heterocycles. The molecule has 4 nitrogen and oxygen atoms in total. The Kier molecular flexibility index (Phi) is 3.06. The van der Waals surface area contributed by atoms with Gasteiger partial charge in [0.25, 0.3) is 0 Å². The van der Waals surface area contributed by atoms with Crippen LogP contribution >= 0.6 is 0 Å². The van der Waals surface area contributed by atoms with E-state index in [9.17, 15) is 0 Å². The number of likely N-dealkylation sites (tertiary alicyclic amines) is 1.